The summed E-state index contributed by atoms with van der Waals surface area (Å²) in [7, 11) is 0. The van der Waals surface area contributed by atoms with Crippen LogP contribution in [0, 0.1) is 18.8 Å². The van der Waals surface area contributed by atoms with E-state index in [0.717, 1.165) is 36.2 Å². The summed E-state index contributed by atoms with van der Waals surface area (Å²) in [6.45, 7) is 14.5. The number of hydrogen-bond donors (Lipinski definition) is 0. The van der Waals surface area contributed by atoms with Crippen molar-refractivity contribution in [3.8, 4) is 11.8 Å². The number of aryl methyl sites for hydroxylation is 1. The van der Waals surface area contributed by atoms with Gasteiger partial charge in [0.15, 0.2) is 0 Å². The third kappa shape index (κ3) is 5.63. The smallest absolute Gasteiger partial charge is 0.141 e. The predicted octanol–water partition coefficient (Wildman–Crippen LogP) is 0.393. The van der Waals surface area contributed by atoms with Crippen molar-refractivity contribution >= 4 is 0 Å². The van der Waals surface area contributed by atoms with Crippen LogP contribution in [0.25, 0.3) is 0 Å². The van der Waals surface area contributed by atoms with Crippen LogP contribution in [-0.2, 0) is 0 Å². The number of likely N-dealkylation sites (N-methyl/N-ethyl adjacent to an activating group) is 1. The molecule has 1 aromatic carbocycles. The Morgan fingerprint density at radius 3 is 2.47 bits per heavy atom. The van der Waals surface area contributed by atoms with Crippen LogP contribution in [-0.4, -0.2) is 30.7 Å². The van der Waals surface area contributed by atoms with Crippen molar-refractivity contribution in [1.82, 2.24) is 0 Å². The average Bonchev–Trinajstić information content (AvgIpc) is 2.38. The van der Waals surface area contributed by atoms with E-state index in [2.05, 4.69) is 63.5 Å². The zero-order chi connectivity index (χ0) is 13.4. The zero-order valence-corrected chi connectivity index (χ0v) is 13.8. The fourth-order valence-corrected chi connectivity index (χ4v) is 2.08. The molecule has 0 aliphatic heterocycles. The van der Waals surface area contributed by atoms with Gasteiger partial charge in [-0.05, 0) is 50.5 Å². The minimum atomic E-state index is 0. The molecule has 0 aliphatic rings. The maximum atomic E-state index is 3.86. The molecule has 0 fully saturated rings. The second kappa shape index (κ2) is 8.96. The summed E-state index contributed by atoms with van der Waals surface area (Å²) < 4.78 is 1.00. The normalized spacial score (nSPS) is 10.1. The van der Waals surface area contributed by atoms with Gasteiger partial charge < -0.3 is 21.5 Å². The number of nitrogens with zero attached hydrogens (tertiary/aromatic N) is 1. The van der Waals surface area contributed by atoms with Gasteiger partial charge in [-0.1, -0.05) is 24.6 Å². The highest BCUT2D eigenvalue weighted by atomic mass is 79.9. The van der Waals surface area contributed by atoms with Gasteiger partial charge in [-0.3, -0.25) is 0 Å². The van der Waals surface area contributed by atoms with E-state index in [9.17, 15) is 0 Å². The van der Waals surface area contributed by atoms with E-state index < -0.39 is 0 Å². The molecule has 0 bridgehead atoms. The largest absolute Gasteiger partial charge is 1.00 e. The lowest BCUT2D eigenvalue weighted by Crippen LogP contribution is -3.00. The number of quaternary nitrogens is 1. The van der Waals surface area contributed by atoms with Crippen LogP contribution in [0.5, 0.6) is 0 Å². The molecule has 0 radical (unpaired) electrons. The molecular formula is C17H24BrN. The first kappa shape index (κ1) is 18.0. The van der Waals surface area contributed by atoms with Crippen molar-refractivity contribution in [1.29, 1.82) is 0 Å². The molecule has 0 saturated carbocycles. The third-order valence-corrected chi connectivity index (χ3v) is 3.52. The summed E-state index contributed by atoms with van der Waals surface area (Å²) in [4.78, 5) is 0. The van der Waals surface area contributed by atoms with Crippen molar-refractivity contribution < 1.29 is 21.5 Å². The lowest BCUT2D eigenvalue weighted by atomic mass is 10.1. The van der Waals surface area contributed by atoms with Gasteiger partial charge in [-0.15, -0.1) is 0 Å². The molecule has 0 spiro atoms. The van der Waals surface area contributed by atoms with E-state index in [-0.39, 0.29) is 17.0 Å². The fourth-order valence-electron chi connectivity index (χ4n) is 2.08. The van der Waals surface area contributed by atoms with Gasteiger partial charge in [-0.25, -0.2) is 0 Å². The zero-order valence-electron chi connectivity index (χ0n) is 12.2. The number of rotatable bonds is 5. The monoisotopic (exact) mass is 321 g/mol. The summed E-state index contributed by atoms with van der Waals surface area (Å²) in [6, 6.07) is 8.36. The highest BCUT2D eigenvalue weighted by molar-refractivity contribution is 5.36. The van der Waals surface area contributed by atoms with E-state index in [4.69, 9.17) is 0 Å². The second-order valence-electron chi connectivity index (χ2n) is 4.77. The summed E-state index contributed by atoms with van der Waals surface area (Å²) >= 11 is 0. The lowest BCUT2D eigenvalue weighted by Gasteiger charge is -2.33. The van der Waals surface area contributed by atoms with Gasteiger partial charge in [0.25, 0.3) is 0 Å². The van der Waals surface area contributed by atoms with Crippen molar-refractivity contribution in [2.45, 2.75) is 20.8 Å². The predicted molar refractivity (Wildman–Crippen MR) is 79.3 cm³/mol. The minimum absolute atomic E-state index is 0. The van der Waals surface area contributed by atoms with E-state index in [1.54, 1.807) is 0 Å². The molecule has 0 aromatic heterocycles. The van der Waals surface area contributed by atoms with Gasteiger partial charge >= 0.3 is 0 Å². The Kier molecular flexibility index (Phi) is 8.47. The van der Waals surface area contributed by atoms with Gasteiger partial charge in [0.05, 0.1) is 19.6 Å². The van der Waals surface area contributed by atoms with E-state index in [1.807, 2.05) is 6.08 Å². The van der Waals surface area contributed by atoms with Crippen molar-refractivity contribution in [2.75, 3.05) is 26.2 Å². The Morgan fingerprint density at radius 2 is 1.95 bits per heavy atom. The molecule has 1 nitrogen and oxygen atoms in total. The van der Waals surface area contributed by atoms with Gasteiger partial charge in [-0.2, -0.15) is 0 Å². The Morgan fingerprint density at radius 1 is 1.26 bits per heavy atom. The van der Waals surface area contributed by atoms with Crippen LogP contribution in [0.4, 0.5) is 0 Å². The van der Waals surface area contributed by atoms with Crippen LogP contribution in [0.2, 0.25) is 0 Å². The molecule has 104 valence electrons. The quantitative estimate of drug-likeness (QED) is 0.418. The van der Waals surface area contributed by atoms with Gasteiger partial charge in [0, 0.05) is 5.56 Å². The van der Waals surface area contributed by atoms with Crippen LogP contribution in [0.3, 0.4) is 0 Å². The molecular weight excluding hydrogens is 298 g/mol. The summed E-state index contributed by atoms with van der Waals surface area (Å²) in [6.07, 6.45) is 2.00. The molecule has 19 heavy (non-hydrogen) atoms. The molecule has 1 aromatic rings. The first-order chi connectivity index (χ1) is 8.65. The van der Waals surface area contributed by atoms with Crippen molar-refractivity contribution in [2.24, 2.45) is 0 Å². The van der Waals surface area contributed by atoms with E-state index in [1.165, 1.54) is 5.56 Å². The number of halogens is 1. The van der Waals surface area contributed by atoms with Crippen LogP contribution in [0.15, 0.2) is 36.9 Å². The Hall–Kier alpha value is -1.04. The Balaban J connectivity index is 0.00000324. The maximum Gasteiger partial charge on any atom is 0.141 e. The molecule has 0 unspecified atom stereocenters. The maximum absolute atomic E-state index is 3.86. The molecule has 0 atom stereocenters. The number of benzene rings is 1. The molecule has 2 heteroatoms. The van der Waals surface area contributed by atoms with E-state index >= 15 is 0 Å². The summed E-state index contributed by atoms with van der Waals surface area (Å²) in [5, 5.41) is 0. The van der Waals surface area contributed by atoms with Gasteiger partial charge in [0.2, 0.25) is 0 Å². The topological polar surface area (TPSA) is 0 Å². The summed E-state index contributed by atoms with van der Waals surface area (Å²) in [5.41, 5.74) is 2.37. The second-order valence-corrected chi connectivity index (χ2v) is 4.77. The van der Waals surface area contributed by atoms with E-state index in [0.29, 0.717) is 0 Å². The van der Waals surface area contributed by atoms with Crippen molar-refractivity contribution in [3.05, 3.63) is 48.0 Å². The third-order valence-electron chi connectivity index (χ3n) is 3.52. The molecule has 0 N–H and O–H groups in total. The van der Waals surface area contributed by atoms with Crippen LogP contribution < -0.4 is 17.0 Å². The highest BCUT2D eigenvalue weighted by Gasteiger charge is 2.19. The van der Waals surface area contributed by atoms with Crippen LogP contribution in [0.1, 0.15) is 25.0 Å². The average molecular weight is 322 g/mol. The first-order valence-electron chi connectivity index (χ1n) is 6.67. The van der Waals surface area contributed by atoms with Crippen LogP contribution >= 0.6 is 0 Å². The Labute approximate surface area is 128 Å². The molecule has 1 rings (SSSR count). The summed E-state index contributed by atoms with van der Waals surface area (Å²) in [5.74, 6) is 6.60. The molecule has 0 saturated heterocycles. The lowest BCUT2D eigenvalue weighted by molar-refractivity contribution is -0.912. The molecule has 0 heterocycles. The SMILES string of the molecule is C=CC[N+](CC)(CC)CC#Cc1cccc(C)c1.[Br-]. The molecule has 0 amide bonds. The number of hydrogen-bond acceptors (Lipinski definition) is 0. The first-order valence-corrected chi connectivity index (χ1v) is 6.67. The standard InChI is InChI=1S/C17H24N.BrH/c1-5-13-18(6-2,7-3)14-9-12-17-11-8-10-16(4)15-17;/h5,8,10-11,15H,1,6-7,13-14H2,2-4H3;1H/q+1;/p-1. The fraction of sp³-hybridized carbons (Fsp3) is 0.412. The van der Waals surface area contributed by atoms with Crippen molar-refractivity contribution in [3.63, 3.8) is 0 Å². The molecule has 0 aliphatic carbocycles. The minimum Gasteiger partial charge on any atom is -1.00 e. The van der Waals surface area contributed by atoms with Gasteiger partial charge in [0.1, 0.15) is 6.54 Å². The highest BCUT2D eigenvalue weighted by Crippen LogP contribution is 2.06. The Bertz CT molecular complexity index is 450.